The van der Waals surface area contributed by atoms with E-state index >= 15 is 0 Å². The van der Waals surface area contributed by atoms with Gasteiger partial charge in [0.2, 0.25) is 10.0 Å². The molecule has 0 saturated heterocycles. The molecule has 7 heteroatoms. The molecular formula is C13H12Cl2N2O2S. The van der Waals surface area contributed by atoms with Crippen molar-refractivity contribution in [3.63, 3.8) is 0 Å². The summed E-state index contributed by atoms with van der Waals surface area (Å²) >= 11 is 11.7. The van der Waals surface area contributed by atoms with E-state index in [0.717, 1.165) is 5.56 Å². The Morgan fingerprint density at radius 3 is 2.60 bits per heavy atom. The van der Waals surface area contributed by atoms with E-state index in [1.807, 2.05) is 0 Å². The van der Waals surface area contributed by atoms with E-state index in [1.165, 1.54) is 18.3 Å². The molecule has 1 unspecified atom stereocenters. The number of nitrogens with one attached hydrogen (secondary N) is 1. The first kappa shape index (κ1) is 15.3. The molecule has 0 aliphatic carbocycles. The lowest BCUT2D eigenvalue weighted by molar-refractivity contribution is 0.566. The van der Waals surface area contributed by atoms with Gasteiger partial charge in [0.25, 0.3) is 0 Å². The van der Waals surface area contributed by atoms with Gasteiger partial charge in [-0.15, -0.1) is 0 Å². The lowest BCUT2D eigenvalue weighted by Crippen LogP contribution is -2.27. The highest BCUT2D eigenvalue weighted by Gasteiger charge is 2.21. The van der Waals surface area contributed by atoms with Crippen molar-refractivity contribution in [3.8, 4) is 0 Å². The number of halogens is 2. The number of aromatic nitrogens is 1. The van der Waals surface area contributed by atoms with Crippen LogP contribution in [0.5, 0.6) is 0 Å². The number of nitrogens with zero attached hydrogens (tertiary/aromatic N) is 1. The Hall–Kier alpha value is -1.14. The van der Waals surface area contributed by atoms with Gasteiger partial charge in [-0.05, 0) is 36.8 Å². The SMILES string of the molecule is CC(NS(=O)(=O)c1cccnc1Cl)c1cccc(Cl)c1. The summed E-state index contributed by atoms with van der Waals surface area (Å²) in [5, 5.41) is 0.492. The summed E-state index contributed by atoms with van der Waals surface area (Å²) in [6.45, 7) is 1.73. The third-order valence-electron chi connectivity index (χ3n) is 2.69. The van der Waals surface area contributed by atoms with Gasteiger partial charge in [-0.2, -0.15) is 0 Å². The van der Waals surface area contributed by atoms with Gasteiger partial charge in [0.1, 0.15) is 10.0 Å². The van der Waals surface area contributed by atoms with Crippen LogP contribution in [0.15, 0.2) is 47.5 Å². The first-order chi connectivity index (χ1) is 9.40. The maximum absolute atomic E-state index is 12.3. The fourth-order valence-electron chi connectivity index (χ4n) is 1.71. The van der Waals surface area contributed by atoms with E-state index in [2.05, 4.69) is 9.71 Å². The molecule has 2 aromatic rings. The molecule has 0 bridgehead atoms. The van der Waals surface area contributed by atoms with Crippen molar-refractivity contribution in [2.75, 3.05) is 0 Å². The van der Waals surface area contributed by atoms with Gasteiger partial charge in [0.05, 0.1) is 0 Å². The molecule has 0 radical (unpaired) electrons. The van der Waals surface area contributed by atoms with E-state index < -0.39 is 16.1 Å². The molecule has 0 saturated carbocycles. The van der Waals surface area contributed by atoms with Crippen LogP contribution in [0.1, 0.15) is 18.5 Å². The third kappa shape index (κ3) is 3.49. The predicted octanol–water partition coefficient (Wildman–Crippen LogP) is 3.43. The molecule has 20 heavy (non-hydrogen) atoms. The Labute approximate surface area is 127 Å². The fraction of sp³-hybridized carbons (Fsp3) is 0.154. The van der Waals surface area contributed by atoms with Crippen molar-refractivity contribution in [2.45, 2.75) is 17.9 Å². The number of benzene rings is 1. The zero-order valence-electron chi connectivity index (χ0n) is 10.5. The zero-order chi connectivity index (χ0) is 14.8. The summed E-state index contributed by atoms with van der Waals surface area (Å²) in [6.07, 6.45) is 1.43. The van der Waals surface area contributed by atoms with Crippen LogP contribution in [0.3, 0.4) is 0 Å². The molecular weight excluding hydrogens is 319 g/mol. The van der Waals surface area contributed by atoms with Crippen LogP contribution in [0.4, 0.5) is 0 Å². The third-order valence-corrected chi connectivity index (χ3v) is 4.92. The molecule has 106 valence electrons. The van der Waals surface area contributed by atoms with Crippen LogP contribution in [0.25, 0.3) is 0 Å². The van der Waals surface area contributed by atoms with E-state index in [1.54, 1.807) is 31.2 Å². The molecule has 1 atom stereocenters. The Kier molecular flexibility index (Phi) is 4.65. The van der Waals surface area contributed by atoms with Crippen molar-refractivity contribution >= 4 is 33.2 Å². The average molecular weight is 331 g/mol. The predicted molar refractivity (Wildman–Crippen MR) is 79.4 cm³/mol. The summed E-state index contributed by atoms with van der Waals surface area (Å²) in [6, 6.07) is 9.48. The van der Waals surface area contributed by atoms with Crippen LogP contribution in [0.2, 0.25) is 10.2 Å². The molecule has 0 spiro atoms. The second-order valence-electron chi connectivity index (χ2n) is 4.19. The van der Waals surface area contributed by atoms with E-state index in [4.69, 9.17) is 23.2 Å². The Morgan fingerprint density at radius 2 is 1.95 bits per heavy atom. The number of rotatable bonds is 4. The Balaban J connectivity index is 2.27. The summed E-state index contributed by atoms with van der Waals surface area (Å²) in [5.74, 6) is 0. The van der Waals surface area contributed by atoms with E-state index in [9.17, 15) is 8.42 Å². The van der Waals surface area contributed by atoms with Gasteiger partial charge in [0, 0.05) is 17.3 Å². The maximum atomic E-state index is 12.3. The van der Waals surface area contributed by atoms with E-state index in [0.29, 0.717) is 5.02 Å². The minimum absolute atomic E-state index is 0.0458. The molecule has 1 heterocycles. The molecule has 0 aliphatic rings. The summed E-state index contributed by atoms with van der Waals surface area (Å²) in [7, 11) is -3.74. The summed E-state index contributed by atoms with van der Waals surface area (Å²) in [4.78, 5) is 3.72. The van der Waals surface area contributed by atoms with Gasteiger partial charge < -0.3 is 0 Å². The highest BCUT2D eigenvalue weighted by atomic mass is 35.5. The minimum atomic E-state index is -3.74. The first-order valence-electron chi connectivity index (χ1n) is 5.78. The summed E-state index contributed by atoms with van der Waals surface area (Å²) < 4.78 is 27.1. The number of sulfonamides is 1. The quantitative estimate of drug-likeness (QED) is 0.873. The average Bonchev–Trinajstić information content (AvgIpc) is 2.38. The Bertz CT molecular complexity index is 720. The van der Waals surface area contributed by atoms with Crippen LogP contribution in [0, 0.1) is 0 Å². The summed E-state index contributed by atoms with van der Waals surface area (Å²) in [5.41, 5.74) is 0.765. The first-order valence-corrected chi connectivity index (χ1v) is 8.02. The number of hydrogen-bond acceptors (Lipinski definition) is 3. The highest BCUT2D eigenvalue weighted by molar-refractivity contribution is 7.89. The highest BCUT2D eigenvalue weighted by Crippen LogP contribution is 2.22. The van der Waals surface area contributed by atoms with Crippen molar-refractivity contribution in [1.29, 1.82) is 0 Å². The fourth-order valence-corrected chi connectivity index (χ4v) is 3.60. The molecule has 0 amide bonds. The molecule has 1 aromatic heterocycles. The standard InChI is InChI=1S/C13H12Cl2N2O2S/c1-9(10-4-2-5-11(14)8-10)17-20(18,19)12-6-3-7-16-13(12)15/h2-9,17H,1H3. The van der Waals surface area contributed by atoms with Gasteiger partial charge in [-0.3, -0.25) is 0 Å². The molecule has 2 rings (SSSR count). The number of hydrogen-bond donors (Lipinski definition) is 1. The van der Waals surface area contributed by atoms with Crippen LogP contribution < -0.4 is 4.72 Å². The van der Waals surface area contributed by atoms with Gasteiger partial charge in [0.15, 0.2) is 0 Å². The van der Waals surface area contributed by atoms with Crippen molar-refractivity contribution in [2.24, 2.45) is 0 Å². The van der Waals surface area contributed by atoms with Gasteiger partial charge in [-0.1, -0.05) is 35.3 Å². The second kappa shape index (κ2) is 6.10. The number of pyridine rings is 1. The van der Waals surface area contributed by atoms with Crippen LogP contribution >= 0.6 is 23.2 Å². The smallest absolute Gasteiger partial charge is 0.243 e. The molecule has 1 N–H and O–H groups in total. The topological polar surface area (TPSA) is 59.1 Å². The molecule has 0 fully saturated rings. The normalized spacial score (nSPS) is 13.2. The van der Waals surface area contributed by atoms with Crippen LogP contribution in [-0.4, -0.2) is 13.4 Å². The van der Waals surface area contributed by atoms with Gasteiger partial charge in [-0.25, -0.2) is 18.1 Å². The largest absolute Gasteiger partial charge is 0.244 e. The van der Waals surface area contributed by atoms with Crippen molar-refractivity contribution in [1.82, 2.24) is 9.71 Å². The van der Waals surface area contributed by atoms with E-state index in [-0.39, 0.29) is 10.0 Å². The minimum Gasteiger partial charge on any atom is -0.243 e. The lowest BCUT2D eigenvalue weighted by atomic mass is 10.1. The maximum Gasteiger partial charge on any atom is 0.244 e. The zero-order valence-corrected chi connectivity index (χ0v) is 12.9. The molecule has 4 nitrogen and oxygen atoms in total. The lowest BCUT2D eigenvalue weighted by Gasteiger charge is -2.15. The van der Waals surface area contributed by atoms with Crippen LogP contribution in [-0.2, 0) is 10.0 Å². The molecule has 1 aromatic carbocycles. The second-order valence-corrected chi connectivity index (χ2v) is 6.67. The monoisotopic (exact) mass is 330 g/mol. The molecule has 0 aliphatic heterocycles. The Morgan fingerprint density at radius 1 is 1.20 bits per heavy atom. The van der Waals surface area contributed by atoms with Gasteiger partial charge >= 0.3 is 0 Å². The van der Waals surface area contributed by atoms with Crippen molar-refractivity contribution < 1.29 is 8.42 Å². The van der Waals surface area contributed by atoms with Crippen molar-refractivity contribution in [3.05, 3.63) is 58.3 Å².